The van der Waals surface area contributed by atoms with Crippen LogP contribution in [-0.4, -0.2) is 62.3 Å². The van der Waals surface area contributed by atoms with Gasteiger partial charge in [0, 0.05) is 18.4 Å². The number of thioether (sulfide) groups is 1. The van der Waals surface area contributed by atoms with E-state index in [0.717, 1.165) is 12.5 Å². The molecule has 2 aliphatic heterocycles. The van der Waals surface area contributed by atoms with E-state index in [0.29, 0.717) is 6.04 Å². The van der Waals surface area contributed by atoms with Gasteiger partial charge in [0.25, 0.3) is 0 Å². The molecule has 0 aromatic carbocycles. The molecule has 1 spiro atoms. The molecule has 0 aromatic rings. The molecule has 3 unspecified atom stereocenters. The smallest absolute Gasteiger partial charge is 0.0783 e. The van der Waals surface area contributed by atoms with Crippen molar-refractivity contribution < 1.29 is 4.74 Å². The number of ether oxygens (including phenoxy) is 1. The lowest BCUT2D eigenvalue weighted by Gasteiger charge is -2.41. The molecule has 3 atom stereocenters. The normalized spacial score (nSPS) is 34.3. The minimum atomic E-state index is 0.223. The molecule has 0 aromatic heterocycles. The van der Waals surface area contributed by atoms with E-state index in [4.69, 9.17) is 4.74 Å². The fraction of sp³-hybridized carbons (Fsp3) is 1.00. The topological polar surface area (TPSA) is 24.5 Å². The Balaban J connectivity index is 1.89. The van der Waals surface area contributed by atoms with Crippen LogP contribution in [0.15, 0.2) is 0 Å². The van der Waals surface area contributed by atoms with Crippen LogP contribution in [0, 0.1) is 5.92 Å². The van der Waals surface area contributed by atoms with Crippen molar-refractivity contribution in [2.45, 2.75) is 37.3 Å². The van der Waals surface area contributed by atoms with Crippen molar-refractivity contribution in [3.8, 4) is 0 Å². The minimum Gasteiger partial charge on any atom is -0.374 e. The van der Waals surface area contributed by atoms with Crippen LogP contribution in [0.3, 0.4) is 0 Å². The van der Waals surface area contributed by atoms with Crippen molar-refractivity contribution in [3.05, 3.63) is 0 Å². The highest BCUT2D eigenvalue weighted by atomic mass is 32.2. The minimum absolute atomic E-state index is 0.223. The van der Waals surface area contributed by atoms with Crippen LogP contribution in [0.1, 0.15) is 25.7 Å². The van der Waals surface area contributed by atoms with Crippen molar-refractivity contribution in [1.29, 1.82) is 0 Å². The first-order valence-electron chi connectivity index (χ1n) is 7.19. The molecule has 2 rings (SSSR count). The predicted molar refractivity (Wildman–Crippen MR) is 79.4 cm³/mol. The Morgan fingerprint density at radius 2 is 2.33 bits per heavy atom. The molecule has 0 amide bonds. The Labute approximate surface area is 116 Å². The molecule has 3 nitrogen and oxygen atoms in total. The largest absolute Gasteiger partial charge is 0.374 e. The number of nitrogens with one attached hydrogen (secondary N) is 1. The maximum Gasteiger partial charge on any atom is 0.0783 e. The number of hydrogen-bond acceptors (Lipinski definition) is 4. The molecule has 4 heteroatoms. The lowest BCUT2D eigenvalue weighted by atomic mass is 9.80. The van der Waals surface area contributed by atoms with Gasteiger partial charge in [0.2, 0.25) is 0 Å². The van der Waals surface area contributed by atoms with Crippen molar-refractivity contribution >= 4 is 11.8 Å². The number of nitrogens with zero attached hydrogens (tertiary/aromatic N) is 1. The molecule has 2 fully saturated rings. The van der Waals surface area contributed by atoms with Crippen LogP contribution in [0.25, 0.3) is 0 Å². The standard InChI is InChI=1S/C14H28N2OS/c1-15-13(4-7-16(2)3)12-5-8-17-14(10-12)6-9-18-11-14/h12-13,15H,4-11H2,1-3H3. The van der Waals surface area contributed by atoms with Gasteiger partial charge in [-0.25, -0.2) is 0 Å². The Kier molecular flexibility index (Phi) is 5.36. The van der Waals surface area contributed by atoms with Gasteiger partial charge in [-0.05, 0) is 65.0 Å². The zero-order valence-corrected chi connectivity index (χ0v) is 12.9. The average Bonchev–Trinajstić information content (AvgIpc) is 2.78. The van der Waals surface area contributed by atoms with Crippen LogP contribution in [0.2, 0.25) is 0 Å². The van der Waals surface area contributed by atoms with Gasteiger partial charge in [-0.1, -0.05) is 0 Å². The summed E-state index contributed by atoms with van der Waals surface area (Å²) in [7, 11) is 6.43. The number of rotatable bonds is 5. The van der Waals surface area contributed by atoms with Gasteiger partial charge in [0.05, 0.1) is 5.60 Å². The molecular weight excluding hydrogens is 244 g/mol. The zero-order chi connectivity index (χ0) is 13.0. The van der Waals surface area contributed by atoms with Crippen LogP contribution in [-0.2, 0) is 4.74 Å². The Hall–Kier alpha value is 0.230. The molecule has 18 heavy (non-hydrogen) atoms. The lowest BCUT2D eigenvalue weighted by Crippen LogP contribution is -2.47. The van der Waals surface area contributed by atoms with Crippen LogP contribution >= 0.6 is 11.8 Å². The first-order chi connectivity index (χ1) is 8.65. The molecular formula is C14H28N2OS. The first-order valence-corrected chi connectivity index (χ1v) is 8.34. The fourth-order valence-electron chi connectivity index (χ4n) is 3.29. The fourth-order valence-corrected chi connectivity index (χ4v) is 4.66. The van der Waals surface area contributed by atoms with Gasteiger partial charge < -0.3 is 15.0 Å². The van der Waals surface area contributed by atoms with Gasteiger partial charge in [-0.15, -0.1) is 0 Å². The highest BCUT2D eigenvalue weighted by Crippen LogP contribution is 2.41. The van der Waals surface area contributed by atoms with Crippen LogP contribution < -0.4 is 5.32 Å². The van der Waals surface area contributed by atoms with E-state index in [-0.39, 0.29) is 5.60 Å². The highest BCUT2D eigenvalue weighted by Gasteiger charge is 2.42. The Morgan fingerprint density at radius 1 is 1.50 bits per heavy atom. The van der Waals surface area contributed by atoms with Gasteiger partial charge >= 0.3 is 0 Å². The molecule has 2 heterocycles. The summed E-state index contributed by atoms with van der Waals surface area (Å²) in [5.74, 6) is 3.30. The van der Waals surface area contributed by atoms with E-state index >= 15 is 0 Å². The maximum atomic E-state index is 6.12. The summed E-state index contributed by atoms with van der Waals surface area (Å²) in [6.45, 7) is 2.13. The Bertz CT molecular complexity index is 254. The second-order valence-corrected chi connectivity index (χ2v) is 7.18. The molecule has 106 valence electrons. The summed E-state index contributed by atoms with van der Waals surface area (Å²) < 4.78 is 6.12. The maximum absolute atomic E-state index is 6.12. The molecule has 1 N–H and O–H groups in total. The third-order valence-corrected chi connectivity index (χ3v) is 5.65. The average molecular weight is 272 g/mol. The van der Waals surface area contributed by atoms with Crippen molar-refractivity contribution in [2.75, 3.05) is 45.8 Å². The summed E-state index contributed by atoms with van der Waals surface area (Å²) >= 11 is 2.07. The van der Waals surface area contributed by atoms with Gasteiger partial charge in [0.1, 0.15) is 0 Å². The van der Waals surface area contributed by atoms with E-state index in [1.807, 2.05) is 0 Å². The van der Waals surface area contributed by atoms with Gasteiger partial charge in [0.15, 0.2) is 0 Å². The molecule has 2 aliphatic rings. The van der Waals surface area contributed by atoms with Crippen molar-refractivity contribution in [2.24, 2.45) is 5.92 Å². The lowest BCUT2D eigenvalue weighted by molar-refractivity contribution is -0.0853. The van der Waals surface area contributed by atoms with Gasteiger partial charge in [-0.3, -0.25) is 0 Å². The van der Waals surface area contributed by atoms with E-state index in [1.54, 1.807) is 0 Å². The first kappa shape index (κ1) is 14.6. The van der Waals surface area contributed by atoms with E-state index < -0.39 is 0 Å². The second-order valence-electron chi connectivity index (χ2n) is 6.07. The number of hydrogen-bond donors (Lipinski definition) is 1. The summed E-state index contributed by atoms with van der Waals surface area (Å²) in [6, 6.07) is 0.652. The predicted octanol–water partition coefficient (Wildman–Crippen LogP) is 1.83. The van der Waals surface area contributed by atoms with Crippen molar-refractivity contribution in [3.63, 3.8) is 0 Å². The van der Waals surface area contributed by atoms with E-state index in [1.165, 1.54) is 43.7 Å². The Morgan fingerprint density at radius 3 is 2.94 bits per heavy atom. The second kappa shape index (κ2) is 6.60. The van der Waals surface area contributed by atoms with Crippen LogP contribution in [0.4, 0.5) is 0 Å². The molecule has 0 aliphatic carbocycles. The summed E-state index contributed by atoms with van der Waals surface area (Å²) in [5.41, 5.74) is 0.223. The van der Waals surface area contributed by atoms with E-state index in [9.17, 15) is 0 Å². The third kappa shape index (κ3) is 3.62. The SMILES string of the molecule is CNC(CCN(C)C)C1CCOC2(CCSC2)C1. The van der Waals surface area contributed by atoms with Crippen molar-refractivity contribution in [1.82, 2.24) is 10.2 Å². The molecule has 2 saturated heterocycles. The summed E-state index contributed by atoms with van der Waals surface area (Å²) in [4.78, 5) is 2.28. The molecule has 0 saturated carbocycles. The van der Waals surface area contributed by atoms with E-state index in [2.05, 4.69) is 43.1 Å². The molecule has 0 bridgehead atoms. The van der Waals surface area contributed by atoms with Crippen LogP contribution in [0.5, 0.6) is 0 Å². The van der Waals surface area contributed by atoms with Gasteiger partial charge in [-0.2, -0.15) is 11.8 Å². The quantitative estimate of drug-likeness (QED) is 0.825. The third-order valence-electron chi connectivity index (χ3n) is 4.43. The zero-order valence-electron chi connectivity index (χ0n) is 12.1. The highest BCUT2D eigenvalue weighted by molar-refractivity contribution is 7.99. The monoisotopic (exact) mass is 272 g/mol. The summed E-state index contributed by atoms with van der Waals surface area (Å²) in [5, 5.41) is 3.54. The summed E-state index contributed by atoms with van der Waals surface area (Å²) in [6.07, 6.45) is 5.00. The molecule has 0 radical (unpaired) electrons.